The van der Waals surface area contributed by atoms with Crippen LogP contribution in [0.3, 0.4) is 0 Å². The number of hydrogen-bond acceptors (Lipinski definition) is 1. The number of aromatic nitrogens is 1. The zero-order valence-electron chi connectivity index (χ0n) is 12.7. The summed E-state index contributed by atoms with van der Waals surface area (Å²) < 4.78 is 0. The number of rotatable bonds is 3. The van der Waals surface area contributed by atoms with Gasteiger partial charge in [-0.1, -0.05) is 41.5 Å². The van der Waals surface area contributed by atoms with Crippen molar-refractivity contribution in [2.24, 2.45) is 0 Å². The van der Waals surface area contributed by atoms with Crippen molar-refractivity contribution in [1.82, 2.24) is 4.98 Å². The third kappa shape index (κ3) is 2.70. The number of pyridine rings is 1. The Kier molecular flexibility index (Phi) is 4.35. The lowest BCUT2D eigenvalue weighted by Crippen LogP contribution is -2.11. The second kappa shape index (κ2) is 5.20. The van der Waals surface area contributed by atoms with Gasteiger partial charge in [-0.05, 0) is 48.3 Å². The van der Waals surface area contributed by atoms with E-state index in [0.29, 0.717) is 17.8 Å². The number of hydrogen-bond donors (Lipinski definition) is 0. The molecule has 0 unspecified atom stereocenters. The van der Waals surface area contributed by atoms with Gasteiger partial charge in [-0.15, -0.1) is 0 Å². The summed E-state index contributed by atoms with van der Waals surface area (Å²) in [6.07, 6.45) is 0. The van der Waals surface area contributed by atoms with Crippen molar-refractivity contribution in [3.8, 4) is 0 Å². The summed E-state index contributed by atoms with van der Waals surface area (Å²) in [7, 11) is 0. The third-order valence-corrected chi connectivity index (χ3v) is 3.46. The van der Waals surface area contributed by atoms with Crippen LogP contribution in [0.1, 0.15) is 87.4 Å². The molecule has 1 rings (SSSR count). The highest BCUT2D eigenvalue weighted by molar-refractivity contribution is 5.43. The first-order valence-electron chi connectivity index (χ1n) is 6.78. The predicted molar refractivity (Wildman–Crippen MR) is 76.0 cm³/mol. The quantitative estimate of drug-likeness (QED) is 0.710. The summed E-state index contributed by atoms with van der Waals surface area (Å²) in [4.78, 5) is 4.88. The molecule has 0 N–H and O–H groups in total. The monoisotopic (exact) mass is 233 g/mol. The van der Waals surface area contributed by atoms with E-state index in [9.17, 15) is 0 Å². The average molecular weight is 233 g/mol. The molecule has 0 aliphatic heterocycles. The van der Waals surface area contributed by atoms with Gasteiger partial charge < -0.3 is 0 Å². The number of aryl methyl sites for hydroxylation is 1. The van der Waals surface area contributed by atoms with Crippen LogP contribution in [-0.2, 0) is 0 Å². The highest BCUT2D eigenvalue weighted by Crippen LogP contribution is 2.33. The average Bonchev–Trinajstić information content (AvgIpc) is 2.14. The fourth-order valence-electron chi connectivity index (χ4n) is 2.93. The molecular formula is C16H27N. The van der Waals surface area contributed by atoms with Crippen LogP contribution in [0.25, 0.3) is 0 Å². The predicted octanol–water partition coefficient (Wildman–Crippen LogP) is 5.07. The van der Waals surface area contributed by atoms with Gasteiger partial charge >= 0.3 is 0 Å². The van der Waals surface area contributed by atoms with Crippen LogP contribution in [0.15, 0.2) is 0 Å². The smallest absolute Gasteiger partial charge is 0.0469 e. The molecule has 17 heavy (non-hydrogen) atoms. The molecule has 1 aromatic rings. The van der Waals surface area contributed by atoms with Gasteiger partial charge in [0, 0.05) is 11.4 Å². The van der Waals surface area contributed by atoms with Crippen LogP contribution in [-0.4, -0.2) is 4.98 Å². The van der Waals surface area contributed by atoms with Crippen molar-refractivity contribution < 1.29 is 0 Å². The molecule has 0 saturated heterocycles. The van der Waals surface area contributed by atoms with Crippen LogP contribution >= 0.6 is 0 Å². The second-order valence-electron chi connectivity index (χ2n) is 6.00. The molecule has 0 fully saturated rings. The minimum atomic E-state index is 0.506. The molecule has 0 aliphatic rings. The first-order chi connectivity index (χ1) is 7.77. The maximum atomic E-state index is 4.88. The maximum absolute atomic E-state index is 4.88. The molecule has 0 amide bonds. The van der Waals surface area contributed by atoms with E-state index in [-0.39, 0.29) is 0 Å². The lowest BCUT2D eigenvalue weighted by Gasteiger charge is -2.23. The minimum absolute atomic E-state index is 0.506. The molecule has 1 nitrogen and oxygen atoms in total. The zero-order chi connectivity index (χ0) is 13.3. The highest BCUT2D eigenvalue weighted by Gasteiger charge is 2.20. The van der Waals surface area contributed by atoms with Gasteiger partial charge in [-0.25, -0.2) is 0 Å². The molecule has 0 radical (unpaired) electrons. The molecule has 96 valence electrons. The van der Waals surface area contributed by atoms with Crippen LogP contribution < -0.4 is 0 Å². The minimum Gasteiger partial charge on any atom is -0.257 e. The summed E-state index contributed by atoms with van der Waals surface area (Å²) in [5, 5.41) is 0. The van der Waals surface area contributed by atoms with Crippen LogP contribution in [0.5, 0.6) is 0 Å². The van der Waals surface area contributed by atoms with Crippen LogP contribution in [0.4, 0.5) is 0 Å². The van der Waals surface area contributed by atoms with Gasteiger partial charge in [-0.3, -0.25) is 4.98 Å². The topological polar surface area (TPSA) is 12.9 Å². The van der Waals surface area contributed by atoms with E-state index in [1.54, 1.807) is 0 Å². The maximum Gasteiger partial charge on any atom is 0.0469 e. The Morgan fingerprint density at radius 3 is 1.53 bits per heavy atom. The van der Waals surface area contributed by atoms with E-state index in [2.05, 4.69) is 55.4 Å². The van der Waals surface area contributed by atoms with Gasteiger partial charge in [-0.2, -0.15) is 0 Å². The summed E-state index contributed by atoms with van der Waals surface area (Å²) in [6.45, 7) is 18.0. The molecule has 0 bridgehead atoms. The van der Waals surface area contributed by atoms with Crippen LogP contribution in [0, 0.1) is 13.8 Å². The van der Waals surface area contributed by atoms with Crippen molar-refractivity contribution in [3.05, 3.63) is 28.1 Å². The van der Waals surface area contributed by atoms with E-state index >= 15 is 0 Å². The fourth-order valence-corrected chi connectivity index (χ4v) is 2.93. The van der Waals surface area contributed by atoms with Crippen molar-refractivity contribution in [2.75, 3.05) is 0 Å². The Hall–Kier alpha value is -0.850. The molecule has 1 heterocycles. The van der Waals surface area contributed by atoms with E-state index in [4.69, 9.17) is 4.98 Å². The van der Waals surface area contributed by atoms with E-state index in [0.717, 1.165) is 0 Å². The normalized spacial score (nSPS) is 11.9. The standard InChI is InChI=1S/C16H27N/c1-9(2)14-12(7)15(10(3)4)16(11(5)6)17-13(14)8/h9-11H,1-8H3. The largest absolute Gasteiger partial charge is 0.257 e. The Balaban J connectivity index is 3.58. The van der Waals surface area contributed by atoms with E-state index in [1.807, 2.05) is 0 Å². The van der Waals surface area contributed by atoms with E-state index < -0.39 is 0 Å². The molecule has 1 aromatic heterocycles. The summed E-state index contributed by atoms with van der Waals surface area (Å²) in [5.41, 5.74) is 6.88. The lowest BCUT2D eigenvalue weighted by atomic mass is 9.85. The van der Waals surface area contributed by atoms with Crippen molar-refractivity contribution in [2.45, 2.75) is 73.1 Å². The Morgan fingerprint density at radius 2 is 1.18 bits per heavy atom. The van der Waals surface area contributed by atoms with Crippen molar-refractivity contribution in [3.63, 3.8) is 0 Å². The first-order valence-corrected chi connectivity index (χ1v) is 6.78. The summed E-state index contributed by atoms with van der Waals surface area (Å²) in [6, 6.07) is 0. The highest BCUT2D eigenvalue weighted by atomic mass is 14.7. The number of nitrogens with zero attached hydrogens (tertiary/aromatic N) is 1. The molecular weight excluding hydrogens is 206 g/mol. The van der Waals surface area contributed by atoms with E-state index in [1.165, 1.54) is 28.1 Å². The fraction of sp³-hybridized carbons (Fsp3) is 0.688. The van der Waals surface area contributed by atoms with Gasteiger partial charge in [0.2, 0.25) is 0 Å². The van der Waals surface area contributed by atoms with Crippen molar-refractivity contribution in [1.29, 1.82) is 0 Å². The summed E-state index contributed by atoms with van der Waals surface area (Å²) >= 11 is 0. The lowest BCUT2D eigenvalue weighted by molar-refractivity contribution is 0.724. The summed E-state index contributed by atoms with van der Waals surface area (Å²) in [5.74, 6) is 1.62. The molecule has 0 spiro atoms. The van der Waals surface area contributed by atoms with Gasteiger partial charge in [0.15, 0.2) is 0 Å². The van der Waals surface area contributed by atoms with Crippen molar-refractivity contribution >= 4 is 0 Å². The molecule has 0 saturated carbocycles. The van der Waals surface area contributed by atoms with Gasteiger partial charge in [0.05, 0.1) is 0 Å². The Labute approximate surface area is 107 Å². The molecule has 0 aromatic carbocycles. The molecule has 1 heteroatoms. The zero-order valence-corrected chi connectivity index (χ0v) is 12.7. The van der Waals surface area contributed by atoms with Crippen LogP contribution in [0.2, 0.25) is 0 Å². The van der Waals surface area contributed by atoms with Gasteiger partial charge in [0.1, 0.15) is 0 Å². The molecule has 0 atom stereocenters. The third-order valence-electron chi connectivity index (χ3n) is 3.46. The van der Waals surface area contributed by atoms with Gasteiger partial charge in [0.25, 0.3) is 0 Å². The Bertz CT molecular complexity index is 400. The molecule has 0 aliphatic carbocycles. The second-order valence-corrected chi connectivity index (χ2v) is 6.00. The first kappa shape index (κ1) is 14.2. The Morgan fingerprint density at radius 1 is 0.706 bits per heavy atom. The SMILES string of the molecule is Cc1nc(C(C)C)c(C(C)C)c(C)c1C(C)C.